The van der Waals surface area contributed by atoms with E-state index in [1.54, 1.807) is 0 Å². The third-order valence-electron chi connectivity index (χ3n) is 1.62. The van der Waals surface area contributed by atoms with Crippen LogP contribution in [0.5, 0.6) is 0 Å². The summed E-state index contributed by atoms with van der Waals surface area (Å²) in [5, 5.41) is 7.89. The van der Waals surface area contributed by atoms with Gasteiger partial charge in [-0.15, -0.1) is 0 Å². The molecule has 20 heavy (non-hydrogen) atoms. The van der Waals surface area contributed by atoms with E-state index in [1.807, 2.05) is 0 Å². The van der Waals surface area contributed by atoms with Gasteiger partial charge in [0.1, 0.15) is 13.2 Å². The molecule has 6 heteroatoms. The van der Waals surface area contributed by atoms with Crippen LogP contribution < -0.4 is 0 Å². The second kappa shape index (κ2) is 13.1. The topological polar surface area (TPSA) is 89.9 Å². The molecule has 0 aromatic rings. The maximum absolute atomic E-state index is 10.9. The molecule has 0 aliphatic heterocycles. The van der Waals surface area contributed by atoms with Gasteiger partial charge in [0.2, 0.25) is 0 Å². The van der Waals surface area contributed by atoms with Crippen LogP contribution in [0.3, 0.4) is 0 Å². The maximum atomic E-state index is 10.9. The monoisotopic (exact) mass is 284 g/mol. The molecule has 0 aromatic carbocycles. The second-order valence-corrected chi connectivity index (χ2v) is 3.53. The van der Waals surface area contributed by atoms with Gasteiger partial charge in [0.25, 0.3) is 0 Å². The Balaban J connectivity index is 0. The van der Waals surface area contributed by atoms with E-state index in [2.05, 4.69) is 29.2 Å². The van der Waals surface area contributed by atoms with Gasteiger partial charge in [0.15, 0.2) is 0 Å². The van der Waals surface area contributed by atoms with Gasteiger partial charge >= 0.3 is 17.9 Å². The van der Waals surface area contributed by atoms with Crippen LogP contribution in [0, 0.1) is 0 Å². The Bertz CT molecular complexity index is 334. The van der Waals surface area contributed by atoms with E-state index in [1.165, 1.54) is 19.1 Å². The van der Waals surface area contributed by atoms with Crippen molar-refractivity contribution in [2.24, 2.45) is 0 Å². The third kappa shape index (κ3) is 15.6. The Hall–Kier alpha value is -2.37. The first kappa shape index (κ1) is 20.0. The van der Waals surface area contributed by atoms with Crippen LogP contribution in [0.1, 0.15) is 19.8 Å². The average molecular weight is 284 g/mol. The standard InChI is InChI=1S/C10H14O4.C4H6O2/c1-3-7-13-9(11)5-6-10(12)14-8-4-2;1-3(2)4(5)6/h3-4H,1-2,5-8H2;1H2,2H3,(H,5,6). The Morgan fingerprint density at radius 2 is 1.30 bits per heavy atom. The molecule has 0 aliphatic rings. The molecule has 6 nitrogen and oxygen atoms in total. The van der Waals surface area contributed by atoms with Crippen molar-refractivity contribution in [3.8, 4) is 0 Å². The highest BCUT2D eigenvalue weighted by Crippen LogP contribution is 1.96. The van der Waals surface area contributed by atoms with Gasteiger partial charge in [-0.3, -0.25) is 9.59 Å². The van der Waals surface area contributed by atoms with Gasteiger partial charge in [-0.2, -0.15) is 0 Å². The minimum atomic E-state index is -0.935. The fraction of sp³-hybridized carbons (Fsp3) is 0.357. The van der Waals surface area contributed by atoms with Gasteiger partial charge in [0, 0.05) is 5.57 Å². The summed E-state index contributed by atoms with van der Waals surface area (Å²) in [4.78, 5) is 31.4. The van der Waals surface area contributed by atoms with Gasteiger partial charge < -0.3 is 14.6 Å². The summed E-state index contributed by atoms with van der Waals surface area (Å²) in [6.07, 6.45) is 3.00. The van der Waals surface area contributed by atoms with Gasteiger partial charge in [-0.25, -0.2) is 4.79 Å². The van der Waals surface area contributed by atoms with Crippen molar-refractivity contribution >= 4 is 17.9 Å². The van der Waals surface area contributed by atoms with E-state index < -0.39 is 17.9 Å². The molecule has 0 spiro atoms. The molecule has 112 valence electrons. The minimum absolute atomic E-state index is 0.0316. The Morgan fingerprint density at radius 3 is 1.50 bits per heavy atom. The van der Waals surface area contributed by atoms with Crippen molar-refractivity contribution in [3.63, 3.8) is 0 Å². The summed E-state index contributed by atoms with van der Waals surface area (Å²) in [6.45, 7) is 11.7. The number of hydrogen-bond donors (Lipinski definition) is 1. The first-order valence-electron chi connectivity index (χ1n) is 5.77. The fourth-order valence-corrected chi connectivity index (χ4v) is 0.652. The first-order valence-corrected chi connectivity index (χ1v) is 5.77. The maximum Gasteiger partial charge on any atom is 0.330 e. The summed E-state index contributed by atoms with van der Waals surface area (Å²) in [6, 6.07) is 0. The Kier molecular flexibility index (Phi) is 13.0. The lowest BCUT2D eigenvalue weighted by Crippen LogP contribution is -2.10. The molecule has 0 aliphatic carbocycles. The number of ether oxygens (including phenoxy) is 2. The predicted octanol–water partition coefficient (Wildman–Crippen LogP) is 1.87. The molecular formula is C14H20O6. The van der Waals surface area contributed by atoms with Crippen molar-refractivity contribution < 1.29 is 29.0 Å². The zero-order chi connectivity index (χ0) is 16.0. The fourth-order valence-electron chi connectivity index (χ4n) is 0.652. The number of rotatable bonds is 8. The zero-order valence-electron chi connectivity index (χ0n) is 11.6. The summed E-state index contributed by atoms with van der Waals surface area (Å²) in [7, 11) is 0. The van der Waals surface area contributed by atoms with Gasteiger partial charge in [0.05, 0.1) is 12.8 Å². The predicted molar refractivity (Wildman–Crippen MR) is 74.0 cm³/mol. The summed E-state index contributed by atoms with van der Waals surface area (Å²) in [5.74, 6) is -1.80. The van der Waals surface area contributed by atoms with Crippen molar-refractivity contribution in [2.75, 3.05) is 13.2 Å². The lowest BCUT2D eigenvalue weighted by molar-refractivity contribution is -0.149. The van der Waals surface area contributed by atoms with Crippen LogP contribution in [0.25, 0.3) is 0 Å². The Labute approximate surface area is 118 Å². The molecule has 0 fully saturated rings. The van der Waals surface area contributed by atoms with Crippen molar-refractivity contribution in [3.05, 3.63) is 37.5 Å². The SMILES string of the molecule is C=C(C)C(=O)O.C=CCOC(=O)CCC(=O)OCC=C. The molecule has 0 heterocycles. The van der Waals surface area contributed by atoms with E-state index in [0.717, 1.165) is 0 Å². The minimum Gasteiger partial charge on any atom is -0.478 e. The average Bonchev–Trinajstić information content (AvgIpc) is 2.40. The smallest absolute Gasteiger partial charge is 0.330 e. The number of carboxylic acid groups (broad SMARTS) is 1. The van der Waals surface area contributed by atoms with E-state index in [-0.39, 0.29) is 31.6 Å². The zero-order valence-corrected chi connectivity index (χ0v) is 11.6. The van der Waals surface area contributed by atoms with Crippen LogP contribution in [0.4, 0.5) is 0 Å². The number of aliphatic carboxylic acids is 1. The van der Waals surface area contributed by atoms with Crippen LogP contribution in [-0.2, 0) is 23.9 Å². The first-order chi connectivity index (χ1) is 9.34. The highest BCUT2D eigenvalue weighted by atomic mass is 16.5. The Morgan fingerprint density at radius 1 is 1.00 bits per heavy atom. The van der Waals surface area contributed by atoms with E-state index in [0.29, 0.717) is 0 Å². The van der Waals surface area contributed by atoms with Crippen LogP contribution >= 0.6 is 0 Å². The van der Waals surface area contributed by atoms with Crippen LogP contribution in [0.2, 0.25) is 0 Å². The number of carbonyl (C=O) groups is 3. The van der Waals surface area contributed by atoms with Crippen LogP contribution in [0.15, 0.2) is 37.5 Å². The summed E-state index contributed by atoms with van der Waals surface area (Å²) in [5.41, 5.74) is 0.176. The third-order valence-corrected chi connectivity index (χ3v) is 1.62. The lowest BCUT2D eigenvalue weighted by Gasteiger charge is -2.02. The van der Waals surface area contributed by atoms with E-state index in [4.69, 9.17) is 5.11 Å². The number of esters is 2. The van der Waals surface area contributed by atoms with Crippen LogP contribution in [-0.4, -0.2) is 36.2 Å². The highest BCUT2D eigenvalue weighted by Gasteiger charge is 2.07. The van der Waals surface area contributed by atoms with Crippen molar-refractivity contribution in [1.82, 2.24) is 0 Å². The molecule has 0 rings (SSSR count). The summed E-state index contributed by atoms with van der Waals surface area (Å²) >= 11 is 0. The van der Waals surface area contributed by atoms with E-state index in [9.17, 15) is 14.4 Å². The molecule has 0 amide bonds. The highest BCUT2D eigenvalue weighted by molar-refractivity contribution is 5.84. The number of hydrogen-bond acceptors (Lipinski definition) is 5. The number of carboxylic acids is 1. The molecule has 0 unspecified atom stereocenters. The molecule has 0 aromatic heterocycles. The molecule has 0 saturated heterocycles. The van der Waals surface area contributed by atoms with Crippen molar-refractivity contribution in [2.45, 2.75) is 19.8 Å². The molecular weight excluding hydrogens is 264 g/mol. The largest absolute Gasteiger partial charge is 0.478 e. The van der Waals surface area contributed by atoms with Gasteiger partial charge in [-0.05, 0) is 6.92 Å². The molecule has 0 atom stereocenters. The molecule has 0 radical (unpaired) electrons. The number of carbonyl (C=O) groups excluding carboxylic acids is 2. The molecule has 1 N–H and O–H groups in total. The van der Waals surface area contributed by atoms with Crippen molar-refractivity contribution in [1.29, 1.82) is 0 Å². The van der Waals surface area contributed by atoms with Gasteiger partial charge in [-0.1, -0.05) is 31.9 Å². The summed E-state index contributed by atoms with van der Waals surface area (Å²) < 4.78 is 9.32. The second-order valence-electron chi connectivity index (χ2n) is 3.53. The normalized spacial score (nSPS) is 8.45. The molecule has 0 saturated carbocycles. The molecule has 0 bridgehead atoms. The lowest BCUT2D eigenvalue weighted by atomic mass is 10.3. The van der Waals surface area contributed by atoms with E-state index >= 15 is 0 Å². The quantitative estimate of drug-likeness (QED) is 0.416.